The maximum atomic E-state index is 6.84. The van der Waals surface area contributed by atoms with Gasteiger partial charge in [0.15, 0.2) is 0 Å². The van der Waals surface area contributed by atoms with E-state index in [1.54, 1.807) is 18.5 Å². The van der Waals surface area contributed by atoms with Crippen molar-refractivity contribution in [1.29, 1.82) is 0 Å². The minimum atomic E-state index is -2.54. The van der Waals surface area contributed by atoms with Crippen LogP contribution in [0.25, 0.3) is 6.08 Å². The molecule has 1 aromatic heterocycles. The van der Waals surface area contributed by atoms with Crippen LogP contribution in [-0.4, -0.2) is 18.3 Å². The van der Waals surface area contributed by atoms with E-state index < -0.39 is 8.32 Å². The quantitative estimate of drug-likeness (QED) is 0.607. The van der Waals surface area contributed by atoms with E-state index >= 15 is 0 Å². The summed E-state index contributed by atoms with van der Waals surface area (Å²) >= 11 is 0. The van der Waals surface area contributed by atoms with Crippen LogP contribution in [0, 0.1) is 0 Å². The first-order valence-corrected chi connectivity index (χ1v) is 11.1. The summed E-state index contributed by atoms with van der Waals surface area (Å²) in [5, 5.41) is 2.48. The van der Waals surface area contributed by atoms with Gasteiger partial charge in [-0.05, 0) is 21.5 Å². The van der Waals surface area contributed by atoms with Gasteiger partial charge in [0.25, 0.3) is 8.32 Å². The molecule has 1 heterocycles. The average Bonchev–Trinajstić information content (AvgIpc) is 2.69. The molecular weight excluding hydrogens is 348 g/mol. The summed E-state index contributed by atoms with van der Waals surface area (Å²) in [4.78, 5) is 8.85. The van der Waals surface area contributed by atoms with Crippen molar-refractivity contribution in [3.63, 3.8) is 0 Å². The number of rotatable bonds is 6. The van der Waals surface area contributed by atoms with Crippen molar-refractivity contribution < 1.29 is 4.43 Å². The summed E-state index contributed by atoms with van der Waals surface area (Å²) in [5.74, 6) is 0. The highest BCUT2D eigenvalue weighted by atomic mass is 28.4. The van der Waals surface area contributed by atoms with E-state index in [0.29, 0.717) is 6.61 Å². The number of benzene rings is 2. The maximum absolute atomic E-state index is 6.84. The van der Waals surface area contributed by atoms with Crippen LogP contribution in [0.1, 0.15) is 32.2 Å². The standard InChI is InChI=1S/C23H26N2OSi/c1-5-19-16-25-20(17-24-19)18-26-27(23(2,3)4,21-12-8-6-9-13-21)22-14-10-7-11-15-22/h5-17H,1,18H2,2-4H3. The molecule has 0 saturated heterocycles. The summed E-state index contributed by atoms with van der Waals surface area (Å²) in [7, 11) is -2.54. The SMILES string of the molecule is C=Cc1cnc(CO[Si](c2ccccc2)(c2ccccc2)C(C)(C)C)cn1. The maximum Gasteiger partial charge on any atom is 0.261 e. The van der Waals surface area contributed by atoms with Crippen LogP contribution in [0.5, 0.6) is 0 Å². The van der Waals surface area contributed by atoms with Crippen molar-refractivity contribution in [3.05, 3.63) is 91.0 Å². The first kappa shape index (κ1) is 19.2. The van der Waals surface area contributed by atoms with Gasteiger partial charge in [0, 0.05) is 0 Å². The van der Waals surface area contributed by atoms with Crippen LogP contribution in [0.4, 0.5) is 0 Å². The van der Waals surface area contributed by atoms with Crippen LogP contribution in [0.2, 0.25) is 5.04 Å². The van der Waals surface area contributed by atoms with Crippen LogP contribution in [0.3, 0.4) is 0 Å². The van der Waals surface area contributed by atoms with Crippen molar-refractivity contribution in [1.82, 2.24) is 9.97 Å². The summed E-state index contributed by atoms with van der Waals surface area (Å²) in [5.41, 5.74) is 1.60. The molecule has 0 unspecified atom stereocenters. The highest BCUT2D eigenvalue weighted by Gasteiger charge is 2.50. The third kappa shape index (κ3) is 3.92. The number of nitrogens with zero attached hydrogens (tertiary/aromatic N) is 2. The molecule has 4 heteroatoms. The zero-order valence-corrected chi connectivity index (χ0v) is 17.2. The van der Waals surface area contributed by atoms with Gasteiger partial charge < -0.3 is 4.43 Å². The lowest BCUT2D eigenvalue weighted by molar-refractivity contribution is 0.281. The van der Waals surface area contributed by atoms with Gasteiger partial charge in [0.2, 0.25) is 0 Å². The Kier molecular flexibility index (Phi) is 5.68. The fraction of sp³-hybridized carbons (Fsp3) is 0.217. The fourth-order valence-electron chi connectivity index (χ4n) is 3.49. The van der Waals surface area contributed by atoms with Gasteiger partial charge in [0.1, 0.15) is 0 Å². The van der Waals surface area contributed by atoms with Crippen molar-refractivity contribution in [2.75, 3.05) is 0 Å². The number of aromatic nitrogens is 2. The Morgan fingerprint density at radius 1 is 0.889 bits per heavy atom. The van der Waals surface area contributed by atoms with Crippen LogP contribution < -0.4 is 10.4 Å². The molecule has 3 nitrogen and oxygen atoms in total. The molecule has 0 spiro atoms. The predicted octanol–water partition coefficient (Wildman–Crippen LogP) is 4.20. The van der Waals surface area contributed by atoms with E-state index in [1.807, 2.05) is 0 Å². The Bertz CT molecular complexity index is 832. The summed E-state index contributed by atoms with van der Waals surface area (Å²) in [6.07, 6.45) is 5.20. The fourth-order valence-corrected chi connectivity index (χ4v) is 8.01. The zero-order valence-electron chi connectivity index (χ0n) is 16.2. The van der Waals surface area contributed by atoms with E-state index in [0.717, 1.165) is 11.4 Å². The molecule has 0 radical (unpaired) electrons. The van der Waals surface area contributed by atoms with Crippen molar-refractivity contribution in [3.8, 4) is 0 Å². The topological polar surface area (TPSA) is 35.0 Å². The van der Waals surface area contributed by atoms with E-state index in [9.17, 15) is 0 Å². The molecule has 0 aliphatic rings. The molecule has 0 atom stereocenters. The van der Waals surface area contributed by atoms with Crippen molar-refractivity contribution >= 4 is 24.8 Å². The molecule has 0 fully saturated rings. The second-order valence-corrected chi connectivity index (χ2v) is 11.9. The molecule has 138 valence electrons. The molecule has 0 amide bonds. The summed E-state index contributed by atoms with van der Waals surface area (Å²) < 4.78 is 6.84. The molecule has 0 aliphatic carbocycles. The van der Waals surface area contributed by atoms with E-state index in [4.69, 9.17) is 4.43 Å². The van der Waals surface area contributed by atoms with Crippen LogP contribution in [0.15, 0.2) is 79.6 Å². The minimum absolute atomic E-state index is 0.0514. The smallest absolute Gasteiger partial charge is 0.261 e. The lowest BCUT2D eigenvalue weighted by atomic mass is 10.2. The number of hydrogen-bond acceptors (Lipinski definition) is 3. The molecule has 0 bridgehead atoms. The van der Waals surface area contributed by atoms with Crippen LogP contribution in [-0.2, 0) is 11.0 Å². The van der Waals surface area contributed by atoms with E-state index in [2.05, 4.69) is 98.0 Å². The molecular formula is C23H26N2OSi. The highest BCUT2D eigenvalue weighted by Crippen LogP contribution is 2.37. The molecule has 2 aromatic carbocycles. The second kappa shape index (κ2) is 7.99. The average molecular weight is 375 g/mol. The first-order chi connectivity index (χ1) is 13.0. The van der Waals surface area contributed by atoms with Crippen LogP contribution >= 0.6 is 0 Å². The summed E-state index contributed by atoms with van der Waals surface area (Å²) in [6.45, 7) is 11.0. The van der Waals surface area contributed by atoms with Gasteiger partial charge in [-0.15, -0.1) is 0 Å². The normalized spacial score (nSPS) is 12.0. The van der Waals surface area contributed by atoms with Gasteiger partial charge in [-0.1, -0.05) is 88.0 Å². The second-order valence-electron chi connectivity index (χ2n) is 7.59. The Labute approximate surface area is 162 Å². The van der Waals surface area contributed by atoms with Gasteiger partial charge >= 0.3 is 0 Å². The summed E-state index contributed by atoms with van der Waals surface area (Å²) in [6, 6.07) is 21.2. The van der Waals surface area contributed by atoms with Crippen molar-refractivity contribution in [2.45, 2.75) is 32.4 Å². The van der Waals surface area contributed by atoms with E-state index in [1.165, 1.54) is 10.4 Å². The minimum Gasteiger partial charge on any atom is -0.401 e. The molecule has 3 aromatic rings. The lowest BCUT2D eigenvalue weighted by Crippen LogP contribution is -2.66. The van der Waals surface area contributed by atoms with Gasteiger partial charge in [-0.25, -0.2) is 0 Å². The van der Waals surface area contributed by atoms with Gasteiger partial charge in [0.05, 0.1) is 30.4 Å². The molecule has 3 rings (SSSR count). The van der Waals surface area contributed by atoms with Gasteiger partial charge in [-0.2, -0.15) is 0 Å². The third-order valence-electron chi connectivity index (χ3n) is 4.79. The Balaban J connectivity index is 2.07. The Morgan fingerprint density at radius 2 is 1.44 bits per heavy atom. The molecule has 27 heavy (non-hydrogen) atoms. The third-order valence-corrected chi connectivity index (χ3v) is 9.77. The highest BCUT2D eigenvalue weighted by molar-refractivity contribution is 6.99. The Hall–Kier alpha value is -2.56. The van der Waals surface area contributed by atoms with Gasteiger partial charge in [-0.3, -0.25) is 9.97 Å². The molecule has 0 N–H and O–H groups in total. The largest absolute Gasteiger partial charge is 0.401 e. The van der Waals surface area contributed by atoms with E-state index in [-0.39, 0.29) is 5.04 Å². The zero-order chi connectivity index (χ0) is 19.3. The monoisotopic (exact) mass is 374 g/mol. The molecule has 0 aliphatic heterocycles. The predicted molar refractivity (Wildman–Crippen MR) is 115 cm³/mol. The molecule has 0 saturated carbocycles. The lowest BCUT2D eigenvalue weighted by Gasteiger charge is -2.42. The Morgan fingerprint density at radius 3 is 1.85 bits per heavy atom. The van der Waals surface area contributed by atoms with Crippen molar-refractivity contribution in [2.24, 2.45) is 0 Å². The number of hydrogen-bond donors (Lipinski definition) is 0. The first-order valence-electron chi connectivity index (χ1n) is 9.16.